The van der Waals surface area contributed by atoms with Crippen molar-refractivity contribution in [2.75, 3.05) is 31.0 Å². The predicted octanol–water partition coefficient (Wildman–Crippen LogP) is 6.46. The van der Waals surface area contributed by atoms with E-state index in [0.717, 1.165) is 50.7 Å². The number of morpholine rings is 1. The quantitative estimate of drug-likeness (QED) is 0.226. The summed E-state index contributed by atoms with van der Waals surface area (Å²) < 4.78 is 47.5. The van der Waals surface area contributed by atoms with Crippen molar-refractivity contribution in [1.29, 1.82) is 0 Å². The van der Waals surface area contributed by atoms with Gasteiger partial charge in [0.25, 0.3) is 15.9 Å². The maximum Gasteiger partial charge on any atom is 0.261 e. The van der Waals surface area contributed by atoms with Gasteiger partial charge in [-0.15, -0.1) is 0 Å². The first-order chi connectivity index (χ1) is 21.4. The number of sulfonamides is 1. The molecule has 4 aromatic carbocycles. The molecule has 7 rings (SSSR count). The standard InChI is InChI=1S/C34H27FN4O4S/c35-25-10-13-27(14-11-25)44(41,42)38-26-12-15-30-28(20-26)32-31(23-4-2-1-3-5-23)29(21-36-33(32)37-30)22-6-8-24(9-7-22)34(40)39-16-18-43-19-17-39/h1-15,20-21,38H,16-19H2,(H,36,37). The Bertz CT molecular complexity index is 2110. The summed E-state index contributed by atoms with van der Waals surface area (Å²) in [6.07, 6.45) is 1.82. The van der Waals surface area contributed by atoms with Crippen molar-refractivity contribution in [2.45, 2.75) is 4.90 Å². The molecule has 1 aliphatic rings. The molecule has 2 N–H and O–H groups in total. The predicted molar refractivity (Wildman–Crippen MR) is 168 cm³/mol. The third kappa shape index (κ3) is 5.18. The highest BCUT2D eigenvalue weighted by atomic mass is 32.2. The Morgan fingerprint density at radius 3 is 2.34 bits per heavy atom. The van der Waals surface area contributed by atoms with E-state index in [2.05, 4.69) is 9.71 Å². The largest absolute Gasteiger partial charge is 0.378 e. The average molecular weight is 607 g/mol. The number of aromatic nitrogens is 2. The second-order valence-electron chi connectivity index (χ2n) is 10.6. The molecule has 0 saturated carbocycles. The number of aromatic amines is 1. The van der Waals surface area contributed by atoms with E-state index in [-0.39, 0.29) is 10.8 Å². The summed E-state index contributed by atoms with van der Waals surface area (Å²) in [4.78, 5) is 22.9. The number of carbonyl (C=O) groups excluding carboxylic acids is 1. The fraction of sp³-hybridized carbons (Fsp3) is 0.118. The first-order valence-electron chi connectivity index (χ1n) is 14.1. The van der Waals surface area contributed by atoms with Crippen molar-refractivity contribution in [1.82, 2.24) is 14.9 Å². The number of carbonyl (C=O) groups is 1. The third-order valence-corrected chi connectivity index (χ3v) is 9.20. The zero-order valence-corrected chi connectivity index (χ0v) is 24.3. The lowest BCUT2D eigenvalue weighted by atomic mass is 9.92. The van der Waals surface area contributed by atoms with Crippen LogP contribution in [0.2, 0.25) is 0 Å². The van der Waals surface area contributed by atoms with E-state index >= 15 is 0 Å². The Balaban J connectivity index is 1.34. The molecule has 1 amide bonds. The van der Waals surface area contributed by atoms with Crippen molar-refractivity contribution in [3.8, 4) is 22.3 Å². The Morgan fingerprint density at radius 1 is 0.886 bits per heavy atom. The highest BCUT2D eigenvalue weighted by Crippen LogP contribution is 2.41. The van der Waals surface area contributed by atoms with Gasteiger partial charge >= 0.3 is 0 Å². The van der Waals surface area contributed by atoms with Gasteiger partial charge in [0.1, 0.15) is 11.5 Å². The van der Waals surface area contributed by atoms with Crippen LogP contribution in [0.4, 0.5) is 10.1 Å². The van der Waals surface area contributed by atoms with Crippen LogP contribution >= 0.6 is 0 Å². The van der Waals surface area contributed by atoms with Crippen LogP contribution in [0.5, 0.6) is 0 Å². The highest BCUT2D eigenvalue weighted by Gasteiger charge is 2.21. The number of fused-ring (bicyclic) bond motifs is 3. The minimum atomic E-state index is -3.95. The number of anilines is 1. The topological polar surface area (TPSA) is 104 Å². The van der Waals surface area contributed by atoms with Gasteiger partial charge in [0.05, 0.1) is 18.1 Å². The number of hydrogen-bond acceptors (Lipinski definition) is 5. The number of rotatable bonds is 6. The molecule has 0 unspecified atom stereocenters. The number of nitrogens with one attached hydrogen (secondary N) is 2. The number of pyridine rings is 1. The molecular formula is C34H27FN4O4S. The summed E-state index contributed by atoms with van der Waals surface area (Å²) in [7, 11) is -3.95. The summed E-state index contributed by atoms with van der Waals surface area (Å²) in [6, 6.07) is 27.4. The minimum absolute atomic E-state index is 0.0241. The van der Waals surface area contributed by atoms with E-state index in [1.165, 1.54) is 12.1 Å². The van der Waals surface area contributed by atoms with Crippen LogP contribution in [0.25, 0.3) is 44.2 Å². The Hall–Kier alpha value is -5.06. The van der Waals surface area contributed by atoms with E-state index < -0.39 is 15.8 Å². The van der Waals surface area contributed by atoms with Gasteiger partial charge in [-0.05, 0) is 65.7 Å². The molecule has 1 saturated heterocycles. The number of amides is 1. The van der Waals surface area contributed by atoms with Crippen molar-refractivity contribution in [2.24, 2.45) is 0 Å². The number of nitrogens with zero attached hydrogens (tertiary/aromatic N) is 2. The number of benzene rings is 4. The summed E-state index contributed by atoms with van der Waals surface area (Å²) in [5.74, 6) is -0.539. The lowest BCUT2D eigenvalue weighted by molar-refractivity contribution is 0.0303. The molecule has 2 aromatic heterocycles. The van der Waals surface area contributed by atoms with Crippen LogP contribution < -0.4 is 4.72 Å². The van der Waals surface area contributed by atoms with Crippen LogP contribution in [0.3, 0.4) is 0 Å². The fourth-order valence-corrected chi connectivity index (χ4v) is 6.66. The van der Waals surface area contributed by atoms with Gasteiger partial charge in [-0.3, -0.25) is 9.52 Å². The van der Waals surface area contributed by atoms with Crippen molar-refractivity contribution < 1.29 is 22.3 Å². The number of hydrogen-bond donors (Lipinski definition) is 2. The van der Waals surface area contributed by atoms with Crippen molar-refractivity contribution in [3.63, 3.8) is 0 Å². The normalized spacial score (nSPS) is 13.8. The Labute approximate surface area is 253 Å². The first-order valence-corrected chi connectivity index (χ1v) is 15.6. The van der Waals surface area contributed by atoms with Gasteiger partial charge in [0.15, 0.2) is 0 Å². The maximum atomic E-state index is 13.4. The number of ether oxygens (including phenoxy) is 1. The molecular weight excluding hydrogens is 579 g/mol. The molecule has 0 atom stereocenters. The summed E-state index contributed by atoms with van der Waals surface area (Å²) >= 11 is 0. The lowest BCUT2D eigenvalue weighted by Crippen LogP contribution is -2.40. The zero-order chi connectivity index (χ0) is 30.3. The number of H-pyrrole nitrogens is 1. The van der Waals surface area contributed by atoms with Gasteiger partial charge in [-0.25, -0.2) is 17.8 Å². The molecule has 0 spiro atoms. The monoisotopic (exact) mass is 606 g/mol. The molecule has 1 fully saturated rings. The van der Waals surface area contributed by atoms with Gasteiger partial charge in [-0.2, -0.15) is 0 Å². The number of halogens is 1. The molecule has 8 nitrogen and oxygen atoms in total. The van der Waals surface area contributed by atoms with E-state index in [1.807, 2.05) is 60.8 Å². The van der Waals surface area contributed by atoms with Gasteiger partial charge in [0.2, 0.25) is 0 Å². The molecule has 3 heterocycles. The van der Waals surface area contributed by atoms with Gasteiger partial charge in [-0.1, -0.05) is 42.5 Å². The SMILES string of the molecule is O=C(c1ccc(-c2cnc3[nH]c4ccc(NS(=O)(=O)c5ccc(F)cc5)cc4c3c2-c2ccccc2)cc1)N1CCOCC1. The minimum Gasteiger partial charge on any atom is -0.378 e. The molecule has 1 aliphatic heterocycles. The van der Waals surface area contributed by atoms with E-state index in [4.69, 9.17) is 9.72 Å². The van der Waals surface area contributed by atoms with E-state index in [1.54, 1.807) is 23.1 Å². The van der Waals surface area contributed by atoms with Crippen LogP contribution in [0.1, 0.15) is 10.4 Å². The fourth-order valence-electron chi connectivity index (χ4n) is 5.61. The smallest absolute Gasteiger partial charge is 0.261 e. The average Bonchev–Trinajstić information content (AvgIpc) is 3.43. The Kier molecular flexibility index (Phi) is 7.07. The molecule has 44 heavy (non-hydrogen) atoms. The summed E-state index contributed by atoms with van der Waals surface area (Å²) in [5.41, 5.74) is 6.05. The maximum absolute atomic E-state index is 13.4. The molecule has 0 aliphatic carbocycles. The van der Waals surface area contributed by atoms with Crippen LogP contribution in [-0.4, -0.2) is 55.5 Å². The van der Waals surface area contributed by atoms with Crippen LogP contribution in [0.15, 0.2) is 108 Å². The first kappa shape index (κ1) is 27.8. The van der Waals surface area contributed by atoms with E-state index in [0.29, 0.717) is 43.2 Å². The molecule has 0 bridgehead atoms. The summed E-state index contributed by atoms with van der Waals surface area (Å²) in [6.45, 7) is 2.22. The van der Waals surface area contributed by atoms with E-state index in [9.17, 15) is 17.6 Å². The second-order valence-corrected chi connectivity index (χ2v) is 12.2. The van der Waals surface area contributed by atoms with Crippen LogP contribution in [0, 0.1) is 5.82 Å². The second kappa shape index (κ2) is 11.2. The lowest BCUT2D eigenvalue weighted by Gasteiger charge is -2.26. The Morgan fingerprint density at radius 2 is 1.61 bits per heavy atom. The van der Waals surface area contributed by atoms with Gasteiger partial charge in [0, 0.05) is 58.0 Å². The van der Waals surface area contributed by atoms with Crippen LogP contribution in [-0.2, 0) is 14.8 Å². The van der Waals surface area contributed by atoms with Crippen molar-refractivity contribution >= 4 is 43.6 Å². The molecule has 220 valence electrons. The van der Waals surface area contributed by atoms with Gasteiger partial charge < -0.3 is 14.6 Å². The summed E-state index contributed by atoms with van der Waals surface area (Å²) in [5, 5.41) is 1.62. The van der Waals surface area contributed by atoms with Crippen molar-refractivity contribution in [3.05, 3.63) is 115 Å². The third-order valence-electron chi connectivity index (χ3n) is 7.80. The molecule has 0 radical (unpaired) electrons. The zero-order valence-electron chi connectivity index (χ0n) is 23.5. The molecule has 6 aromatic rings. The highest BCUT2D eigenvalue weighted by molar-refractivity contribution is 7.92. The molecule has 10 heteroatoms.